The van der Waals surface area contributed by atoms with E-state index in [1.54, 1.807) is 37.3 Å². The summed E-state index contributed by atoms with van der Waals surface area (Å²) in [7, 11) is -2.71. The molecule has 0 fully saturated rings. The van der Waals surface area contributed by atoms with Gasteiger partial charge < -0.3 is 15.0 Å². The zero-order valence-corrected chi connectivity index (χ0v) is 27.7. The van der Waals surface area contributed by atoms with Gasteiger partial charge in [-0.2, -0.15) is 0 Å². The Hall–Kier alpha value is -2.89. The maximum atomic E-state index is 14.0. The number of aryl methyl sites for hydroxylation is 1. The van der Waals surface area contributed by atoms with Crippen molar-refractivity contribution in [2.24, 2.45) is 5.92 Å². The number of nitrogens with zero attached hydrogens (tertiary/aromatic N) is 2. The molecular formula is C30H35Br2N3O5S. The van der Waals surface area contributed by atoms with Gasteiger partial charge in [0.05, 0.1) is 22.2 Å². The quantitative estimate of drug-likeness (QED) is 0.252. The number of amides is 2. The Morgan fingerprint density at radius 1 is 0.976 bits per heavy atom. The van der Waals surface area contributed by atoms with Crippen LogP contribution >= 0.6 is 31.9 Å². The molecule has 11 heteroatoms. The Bertz CT molecular complexity index is 1480. The number of benzene rings is 3. The van der Waals surface area contributed by atoms with Gasteiger partial charge in [-0.15, -0.1) is 0 Å². The molecule has 0 saturated heterocycles. The second-order valence-corrected chi connectivity index (χ2v) is 13.7. The molecule has 0 bridgehead atoms. The average Bonchev–Trinajstić information content (AvgIpc) is 2.93. The minimum atomic E-state index is -4.20. The van der Waals surface area contributed by atoms with Gasteiger partial charge in [-0.25, -0.2) is 8.42 Å². The van der Waals surface area contributed by atoms with E-state index in [2.05, 4.69) is 37.2 Å². The molecule has 2 amide bonds. The molecule has 1 N–H and O–H groups in total. The first-order valence-corrected chi connectivity index (χ1v) is 16.1. The van der Waals surface area contributed by atoms with Crippen LogP contribution in [-0.2, 0) is 26.2 Å². The zero-order valence-electron chi connectivity index (χ0n) is 23.7. The van der Waals surface area contributed by atoms with Crippen LogP contribution in [0.5, 0.6) is 5.75 Å². The molecular weight excluding hydrogens is 674 g/mol. The van der Waals surface area contributed by atoms with E-state index in [1.807, 2.05) is 45.0 Å². The van der Waals surface area contributed by atoms with Gasteiger partial charge >= 0.3 is 0 Å². The fourth-order valence-electron chi connectivity index (χ4n) is 4.04. The first-order valence-electron chi connectivity index (χ1n) is 13.1. The molecule has 3 rings (SSSR count). The van der Waals surface area contributed by atoms with E-state index in [4.69, 9.17) is 4.74 Å². The number of anilines is 1. The molecule has 0 aromatic heterocycles. The number of rotatable bonds is 12. The van der Waals surface area contributed by atoms with Crippen molar-refractivity contribution in [3.05, 3.63) is 86.8 Å². The van der Waals surface area contributed by atoms with Crippen LogP contribution in [-0.4, -0.2) is 51.4 Å². The minimum absolute atomic E-state index is 0.0141. The molecule has 220 valence electrons. The van der Waals surface area contributed by atoms with E-state index >= 15 is 0 Å². The number of halogens is 2. The summed E-state index contributed by atoms with van der Waals surface area (Å²) in [6.07, 6.45) is 0. The lowest BCUT2D eigenvalue weighted by molar-refractivity contribution is -0.139. The lowest BCUT2D eigenvalue weighted by atomic mass is 10.1. The molecule has 3 aromatic rings. The van der Waals surface area contributed by atoms with Gasteiger partial charge in [-0.3, -0.25) is 13.9 Å². The van der Waals surface area contributed by atoms with E-state index in [0.717, 1.165) is 19.9 Å². The second-order valence-electron chi connectivity index (χ2n) is 10.1. The van der Waals surface area contributed by atoms with Crippen LogP contribution in [0.2, 0.25) is 0 Å². The normalized spacial score (nSPS) is 12.1. The SMILES string of the molecule is COc1ccc(S(=O)(=O)N(CC(=O)N(Cc2cccc(Br)c2)[C@@H](C)C(=O)NCC(C)C)c2ccc(C)cc2)cc1Br. The minimum Gasteiger partial charge on any atom is -0.496 e. The number of ether oxygens (including phenoxy) is 1. The number of sulfonamides is 1. The topological polar surface area (TPSA) is 96.0 Å². The second kappa shape index (κ2) is 14.3. The Morgan fingerprint density at radius 2 is 1.66 bits per heavy atom. The highest BCUT2D eigenvalue weighted by molar-refractivity contribution is 9.10. The molecule has 8 nitrogen and oxygen atoms in total. The van der Waals surface area contributed by atoms with Gasteiger partial charge in [0.15, 0.2) is 0 Å². The summed E-state index contributed by atoms with van der Waals surface area (Å²) < 4.78 is 35.7. The van der Waals surface area contributed by atoms with E-state index in [9.17, 15) is 18.0 Å². The van der Waals surface area contributed by atoms with Gasteiger partial charge in [-0.05, 0) is 83.7 Å². The molecule has 0 aliphatic carbocycles. The van der Waals surface area contributed by atoms with Crippen molar-refractivity contribution < 1.29 is 22.7 Å². The Balaban J connectivity index is 2.04. The van der Waals surface area contributed by atoms with Gasteiger partial charge in [0.25, 0.3) is 10.0 Å². The summed E-state index contributed by atoms with van der Waals surface area (Å²) in [6.45, 7) is 7.57. The predicted octanol–water partition coefficient (Wildman–Crippen LogP) is 5.91. The smallest absolute Gasteiger partial charge is 0.264 e. The maximum absolute atomic E-state index is 14.0. The molecule has 0 spiro atoms. The van der Waals surface area contributed by atoms with Gasteiger partial charge in [-0.1, -0.05) is 59.6 Å². The Morgan fingerprint density at radius 3 is 2.24 bits per heavy atom. The van der Waals surface area contributed by atoms with Crippen LogP contribution in [0.25, 0.3) is 0 Å². The lowest BCUT2D eigenvalue weighted by Gasteiger charge is -2.32. The van der Waals surface area contributed by atoms with E-state index in [-0.39, 0.29) is 23.3 Å². The van der Waals surface area contributed by atoms with E-state index < -0.39 is 28.5 Å². The third-order valence-electron chi connectivity index (χ3n) is 6.41. The van der Waals surface area contributed by atoms with E-state index in [1.165, 1.54) is 24.1 Å². The Kier molecular flexibility index (Phi) is 11.4. The molecule has 3 aromatic carbocycles. The summed E-state index contributed by atoms with van der Waals surface area (Å²) in [5.74, 6) is -0.130. The maximum Gasteiger partial charge on any atom is 0.264 e. The van der Waals surface area contributed by atoms with Crippen LogP contribution in [0.4, 0.5) is 5.69 Å². The summed E-state index contributed by atoms with van der Waals surface area (Å²) in [5.41, 5.74) is 2.06. The number of nitrogens with one attached hydrogen (secondary N) is 1. The number of carbonyl (C=O) groups is 2. The molecule has 0 heterocycles. The largest absolute Gasteiger partial charge is 0.496 e. The van der Waals surface area contributed by atoms with Crippen LogP contribution in [0.1, 0.15) is 31.9 Å². The summed E-state index contributed by atoms with van der Waals surface area (Å²) >= 11 is 6.82. The van der Waals surface area contributed by atoms with Crippen LogP contribution in [0, 0.1) is 12.8 Å². The fraction of sp³-hybridized carbons (Fsp3) is 0.333. The summed E-state index contributed by atoms with van der Waals surface area (Å²) in [6, 6.07) is 17.9. The zero-order chi connectivity index (χ0) is 30.3. The highest BCUT2D eigenvalue weighted by Crippen LogP contribution is 2.31. The molecule has 0 radical (unpaired) electrons. The van der Waals surface area contributed by atoms with Crippen LogP contribution < -0.4 is 14.4 Å². The third-order valence-corrected chi connectivity index (χ3v) is 9.29. The predicted molar refractivity (Wildman–Crippen MR) is 168 cm³/mol. The molecule has 41 heavy (non-hydrogen) atoms. The van der Waals surface area contributed by atoms with Crippen molar-refractivity contribution in [1.82, 2.24) is 10.2 Å². The lowest BCUT2D eigenvalue weighted by Crippen LogP contribution is -2.51. The summed E-state index contributed by atoms with van der Waals surface area (Å²) in [5, 5.41) is 2.89. The fourth-order valence-corrected chi connectivity index (χ4v) is 6.62. The van der Waals surface area contributed by atoms with E-state index in [0.29, 0.717) is 22.5 Å². The number of methoxy groups -OCH3 is 1. The first kappa shape index (κ1) is 32.6. The number of hydrogen-bond acceptors (Lipinski definition) is 5. The van der Waals surface area contributed by atoms with Crippen molar-refractivity contribution in [1.29, 1.82) is 0 Å². The average molecular weight is 710 g/mol. The monoisotopic (exact) mass is 707 g/mol. The van der Waals surface area contributed by atoms with Crippen molar-refractivity contribution in [3.63, 3.8) is 0 Å². The highest BCUT2D eigenvalue weighted by Gasteiger charge is 2.33. The highest BCUT2D eigenvalue weighted by atomic mass is 79.9. The molecule has 1 atom stereocenters. The van der Waals surface area contributed by atoms with Gasteiger partial charge in [0.2, 0.25) is 11.8 Å². The first-order chi connectivity index (χ1) is 19.3. The van der Waals surface area contributed by atoms with Crippen molar-refractivity contribution in [3.8, 4) is 5.75 Å². The van der Waals surface area contributed by atoms with Gasteiger partial charge in [0, 0.05) is 17.6 Å². The third kappa shape index (κ3) is 8.56. The Labute approximate surface area is 259 Å². The standard InChI is InChI=1S/C30H35Br2N3O5S/c1-20(2)17-33-30(37)22(4)34(18-23-7-6-8-24(31)15-23)29(36)19-35(25-11-9-21(3)10-12-25)41(38,39)26-13-14-28(40-5)27(32)16-26/h6-16,20,22H,17-19H2,1-5H3,(H,33,37)/t22-/m0/s1. The van der Waals surface area contributed by atoms with Crippen LogP contribution in [0.15, 0.2) is 80.6 Å². The van der Waals surface area contributed by atoms with Crippen molar-refractivity contribution in [2.75, 3.05) is 24.5 Å². The number of carbonyl (C=O) groups excluding carboxylic acids is 2. The van der Waals surface area contributed by atoms with Crippen molar-refractivity contribution in [2.45, 2.75) is 45.2 Å². The molecule has 0 saturated carbocycles. The van der Waals surface area contributed by atoms with Gasteiger partial charge in [0.1, 0.15) is 18.3 Å². The van der Waals surface area contributed by atoms with Crippen LogP contribution in [0.3, 0.4) is 0 Å². The van der Waals surface area contributed by atoms with Crippen molar-refractivity contribution >= 4 is 59.4 Å². The number of hydrogen-bond donors (Lipinski definition) is 1. The molecule has 0 unspecified atom stereocenters. The molecule has 0 aliphatic heterocycles. The summed E-state index contributed by atoms with van der Waals surface area (Å²) in [4.78, 5) is 28.5. The molecule has 0 aliphatic rings.